The molecule has 1 aliphatic rings. The number of carbonyl (C=O) groups is 1. The number of nitrogens with zero attached hydrogens (tertiary/aromatic N) is 1. The van der Waals surface area contributed by atoms with Gasteiger partial charge in [-0.1, -0.05) is 30.3 Å². The number of aromatic amines is 1. The molecule has 2 heterocycles. The van der Waals surface area contributed by atoms with Crippen LogP contribution in [-0.4, -0.2) is 36.6 Å². The minimum atomic E-state index is -0.175. The maximum Gasteiger partial charge on any atom is 0.271 e. The highest BCUT2D eigenvalue weighted by molar-refractivity contribution is 5.93. The molecule has 0 unspecified atom stereocenters. The van der Waals surface area contributed by atoms with Crippen LogP contribution in [0.25, 0.3) is 0 Å². The molecule has 1 amide bonds. The Hall–Kier alpha value is -3.21. The number of ether oxygens (including phenoxy) is 2. The Morgan fingerprint density at radius 3 is 2.44 bits per heavy atom. The molecule has 0 saturated heterocycles. The van der Waals surface area contributed by atoms with E-state index in [4.69, 9.17) is 9.47 Å². The lowest BCUT2D eigenvalue weighted by molar-refractivity contribution is 0.0689. The number of rotatable bonds is 4. The maximum atomic E-state index is 13.2. The van der Waals surface area contributed by atoms with Gasteiger partial charge in [-0.15, -0.1) is 0 Å². The van der Waals surface area contributed by atoms with Gasteiger partial charge in [0.25, 0.3) is 5.91 Å². The van der Waals surface area contributed by atoms with Crippen molar-refractivity contribution >= 4 is 5.91 Å². The minimum Gasteiger partial charge on any atom is -0.493 e. The standard InChI is InChI=1S/C22H22N2O3/c1-26-19-13-16-10-12-24(22(25)18-9-6-11-23-18)21(15-7-4-3-5-8-15)17(16)14-20(19)27-2/h3-9,11,13-14,21,23H,10,12H2,1-2H3/t21-/m1/s1. The zero-order valence-electron chi connectivity index (χ0n) is 15.4. The van der Waals surface area contributed by atoms with Crippen molar-refractivity contribution in [3.8, 4) is 11.5 Å². The van der Waals surface area contributed by atoms with Gasteiger partial charge in [0, 0.05) is 12.7 Å². The van der Waals surface area contributed by atoms with Gasteiger partial charge in [0.2, 0.25) is 0 Å². The average Bonchev–Trinajstić information content (AvgIpc) is 3.26. The molecule has 1 aromatic heterocycles. The highest BCUT2D eigenvalue weighted by Crippen LogP contribution is 2.41. The number of amides is 1. The summed E-state index contributed by atoms with van der Waals surface area (Å²) in [7, 11) is 3.27. The second-order valence-electron chi connectivity index (χ2n) is 6.55. The van der Waals surface area contributed by atoms with Gasteiger partial charge >= 0.3 is 0 Å². The second kappa shape index (κ2) is 7.19. The number of nitrogens with one attached hydrogen (secondary N) is 1. The molecule has 0 fully saturated rings. The number of carbonyl (C=O) groups excluding carboxylic acids is 1. The van der Waals surface area contributed by atoms with Gasteiger partial charge in [0.1, 0.15) is 5.69 Å². The van der Waals surface area contributed by atoms with Gasteiger partial charge in [-0.3, -0.25) is 4.79 Å². The fraction of sp³-hybridized carbons (Fsp3) is 0.227. The van der Waals surface area contributed by atoms with Crippen LogP contribution in [0, 0.1) is 0 Å². The fourth-order valence-corrected chi connectivity index (χ4v) is 3.78. The molecule has 5 heteroatoms. The molecular weight excluding hydrogens is 340 g/mol. The van der Waals surface area contributed by atoms with Crippen LogP contribution in [0.2, 0.25) is 0 Å². The van der Waals surface area contributed by atoms with Crippen LogP contribution in [0.15, 0.2) is 60.8 Å². The topological polar surface area (TPSA) is 54.6 Å². The molecule has 1 N–H and O–H groups in total. The van der Waals surface area contributed by atoms with Crippen LogP contribution in [0.3, 0.4) is 0 Å². The Balaban J connectivity index is 1.85. The Morgan fingerprint density at radius 1 is 1.04 bits per heavy atom. The van der Waals surface area contributed by atoms with Gasteiger partial charge < -0.3 is 19.4 Å². The summed E-state index contributed by atoms with van der Waals surface area (Å²) in [5.74, 6) is 1.38. The van der Waals surface area contributed by atoms with E-state index in [0.717, 1.165) is 17.5 Å². The van der Waals surface area contributed by atoms with Gasteiger partial charge in [0.15, 0.2) is 11.5 Å². The number of hydrogen-bond donors (Lipinski definition) is 1. The van der Waals surface area contributed by atoms with E-state index in [1.165, 1.54) is 5.56 Å². The second-order valence-corrected chi connectivity index (χ2v) is 6.55. The minimum absolute atomic E-state index is 0.00529. The molecule has 1 aliphatic heterocycles. The van der Waals surface area contributed by atoms with Gasteiger partial charge in [0.05, 0.1) is 20.3 Å². The summed E-state index contributed by atoms with van der Waals surface area (Å²) < 4.78 is 11.0. The van der Waals surface area contributed by atoms with Crippen molar-refractivity contribution < 1.29 is 14.3 Å². The van der Waals surface area contributed by atoms with Crippen LogP contribution < -0.4 is 9.47 Å². The summed E-state index contributed by atoms with van der Waals surface area (Å²) in [5, 5.41) is 0. The van der Waals surface area contributed by atoms with E-state index in [1.54, 1.807) is 20.4 Å². The molecule has 2 aromatic carbocycles. The van der Waals surface area contributed by atoms with Crippen molar-refractivity contribution in [2.75, 3.05) is 20.8 Å². The Morgan fingerprint density at radius 2 is 1.78 bits per heavy atom. The maximum absolute atomic E-state index is 13.2. The SMILES string of the molecule is COc1cc2c(cc1OC)[C@@H](c1ccccc1)N(C(=O)c1ccc[nH]1)CC2. The lowest BCUT2D eigenvalue weighted by Crippen LogP contribution is -2.40. The summed E-state index contributed by atoms with van der Waals surface area (Å²) in [5.41, 5.74) is 3.92. The number of methoxy groups -OCH3 is 2. The van der Waals surface area contributed by atoms with Crippen LogP contribution in [0.5, 0.6) is 11.5 Å². The predicted octanol–water partition coefficient (Wildman–Crippen LogP) is 3.82. The Bertz CT molecular complexity index is 936. The highest BCUT2D eigenvalue weighted by atomic mass is 16.5. The largest absolute Gasteiger partial charge is 0.493 e. The summed E-state index contributed by atoms with van der Waals surface area (Å²) in [6, 6.07) is 17.6. The number of hydrogen-bond acceptors (Lipinski definition) is 3. The summed E-state index contributed by atoms with van der Waals surface area (Å²) in [6.45, 7) is 0.639. The molecule has 1 atom stereocenters. The first-order chi connectivity index (χ1) is 13.2. The zero-order valence-corrected chi connectivity index (χ0v) is 15.4. The smallest absolute Gasteiger partial charge is 0.271 e. The summed E-state index contributed by atoms with van der Waals surface area (Å²) in [4.78, 5) is 18.1. The molecule has 5 nitrogen and oxygen atoms in total. The highest BCUT2D eigenvalue weighted by Gasteiger charge is 2.34. The molecule has 0 spiro atoms. The third-order valence-corrected chi connectivity index (χ3v) is 5.08. The molecule has 3 aromatic rings. The van der Waals surface area contributed by atoms with E-state index in [-0.39, 0.29) is 11.9 Å². The van der Waals surface area contributed by atoms with Gasteiger partial charge in [-0.05, 0) is 47.4 Å². The molecule has 0 aliphatic carbocycles. The summed E-state index contributed by atoms with van der Waals surface area (Å²) in [6.07, 6.45) is 2.54. The molecule has 27 heavy (non-hydrogen) atoms. The monoisotopic (exact) mass is 362 g/mol. The fourth-order valence-electron chi connectivity index (χ4n) is 3.78. The molecule has 0 radical (unpaired) electrons. The summed E-state index contributed by atoms with van der Waals surface area (Å²) >= 11 is 0. The molecule has 0 saturated carbocycles. The average molecular weight is 362 g/mol. The van der Waals surface area contributed by atoms with Crippen LogP contribution in [-0.2, 0) is 6.42 Å². The van der Waals surface area contributed by atoms with Gasteiger partial charge in [-0.25, -0.2) is 0 Å². The third kappa shape index (κ3) is 3.05. The van der Waals surface area contributed by atoms with Crippen molar-refractivity contribution in [1.29, 1.82) is 0 Å². The predicted molar refractivity (Wildman–Crippen MR) is 103 cm³/mol. The van der Waals surface area contributed by atoms with Crippen molar-refractivity contribution in [1.82, 2.24) is 9.88 Å². The van der Waals surface area contributed by atoms with E-state index >= 15 is 0 Å². The first kappa shape index (κ1) is 17.2. The molecule has 4 rings (SSSR count). The number of H-pyrrole nitrogens is 1. The number of fused-ring (bicyclic) bond motifs is 1. The van der Waals surface area contributed by atoms with Crippen LogP contribution in [0.1, 0.15) is 33.2 Å². The van der Waals surface area contributed by atoms with Crippen molar-refractivity contribution in [3.05, 3.63) is 83.2 Å². The van der Waals surface area contributed by atoms with Crippen LogP contribution >= 0.6 is 0 Å². The lowest BCUT2D eigenvalue weighted by atomic mass is 9.87. The first-order valence-corrected chi connectivity index (χ1v) is 8.97. The number of aromatic nitrogens is 1. The zero-order chi connectivity index (χ0) is 18.8. The van der Waals surface area contributed by atoms with E-state index in [1.807, 2.05) is 47.4 Å². The van der Waals surface area contributed by atoms with E-state index < -0.39 is 0 Å². The quantitative estimate of drug-likeness (QED) is 0.768. The molecule has 138 valence electrons. The van der Waals surface area contributed by atoms with Crippen LogP contribution in [0.4, 0.5) is 0 Å². The molecule has 0 bridgehead atoms. The first-order valence-electron chi connectivity index (χ1n) is 8.97. The molecular formula is C22H22N2O3. The van der Waals surface area contributed by atoms with E-state index in [9.17, 15) is 4.79 Å². The normalized spacial score (nSPS) is 15.9. The lowest BCUT2D eigenvalue weighted by Gasteiger charge is -2.38. The van der Waals surface area contributed by atoms with Gasteiger partial charge in [-0.2, -0.15) is 0 Å². The van der Waals surface area contributed by atoms with E-state index in [0.29, 0.717) is 23.7 Å². The van der Waals surface area contributed by atoms with E-state index in [2.05, 4.69) is 17.1 Å². The third-order valence-electron chi connectivity index (χ3n) is 5.08. The van der Waals surface area contributed by atoms with Crippen molar-refractivity contribution in [2.24, 2.45) is 0 Å². The number of benzene rings is 2. The van der Waals surface area contributed by atoms with Crippen molar-refractivity contribution in [2.45, 2.75) is 12.5 Å². The Kier molecular flexibility index (Phi) is 4.59. The van der Waals surface area contributed by atoms with Crippen molar-refractivity contribution in [3.63, 3.8) is 0 Å². The Labute approximate surface area is 158 Å².